The van der Waals surface area contributed by atoms with Gasteiger partial charge in [0.15, 0.2) is 6.29 Å². The number of methoxy groups -OCH3 is 2. The number of ether oxygens (including phenoxy) is 2. The summed E-state index contributed by atoms with van der Waals surface area (Å²) in [5, 5.41) is 0. The van der Waals surface area contributed by atoms with E-state index in [1.165, 1.54) is 0 Å². The Hall–Kier alpha value is -2.36. The van der Waals surface area contributed by atoms with E-state index in [9.17, 15) is 4.79 Å². The second-order valence-corrected chi connectivity index (χ2v) is 3.66. The lowest BCUT2D eigenvalue weighted by molar-refractivity contribution is 0.112. The average Bonchev–Trinajstić information content (AvgIpc) is 2.46. The van der Waals surface area contributed by atoms with E-state index in [0.717, 1.165) is 17.4 Å². The van der Waals surface area contributed by atoms with Crippen LogP contribution in [0.4, 0.5) is 0 Å². The zero-order chi connectivity index (χ0) is 13.0. The van der Waals surface area contributed by atoms with Gasteiger partial charge in [0, 0.05) is 23.4 Å². The Morgan fingerprint density at radius 1 is 1.11 bits per heavy atom. The Labute approximate surface area is 105 Å². The minimum Gasteiger partial charge on any atom is -0.497 e. The van der Waals surface area contributed by atoms with E-state index in [-0.39, 0.29) is 0 Å². The maximum Gasteiger partial charge on any atom is 0.212 e. The topological polar surface area (TPSA) is 48.4 Å². The number of aromatic nitrogens is 1. The SMILES string of the molecule is COc1ccc(-c2ccc(OC)nc2)c(C=O)c1. The lowest BCUT2D eigenvalue weighted by Gasteiger charge is -2.07. The van der Waals surface area contributed by atoms with Crippen molar-refractivity contribution in [1.29, 1.82) is 0 Å². The van der Waals surface area contributed by atoms with E-state index >= 15 is 0 Å². The first-order chi connectivity index (χ1) is 8.78. The van der Waals surface area contributed by atoms with Gasteiger partial charge >= 0.3 is 0 Å². The quantitative estimate of drug-likeness (QED) is 0.774. The molecule has 0 aliphatic heterocycles. The molecule has 0 saturated heterocycles. The van der Waals surface area contributed by atoms with Crippen LogP contribution in [0.25, 0.3) is 11.1 Å². The van der Waals surface area contributed by atoms with Gasteiger partial charge in [0.2, 0.25) is 5.88 Å². The second kappa shape index (κ2) is 5.31. The normalized spacial score (nSPS) is 9.89. The van der Waals surface area contributed by atoms with Crippen molar-refractivity contribution in [2.75, 3.05) is 14.2 Å². The molecule has 1 aromatic carbocycles. The first-order valence-electron chi connectivity index (χ1n) is 5.42. The van der Waals surface area contributed by atoms with E-state index in [1.54, 1.807) is 32.5 Å². The summed E-state index contributed by atoms with van der Waals surface area (Å²) in [4.78, 5) is 15.2. The van der Waals surface area contributed by atoms with Crippen molar-refractivity contribution in [2.45, 2.75) is 0 Å². The molecule has 0 atom stereocenters. The van der Waals surface area contributed by atoms with Crippen molar-refractivity contribution < 1.29 is 14.3 Å². The summed E-state index contributed by atoms with van der Waals surface area (Å²) in [6, 6.07) is 8.97. The number of benzene rings is 1. The van der Waals surface area contributed by atoms with Gasteiger partial charge in [0.25, 0.3) is 0 Å². The largest absolute Gasteiger partial charge is 0.497 e. The molecule has 4 heteroatoms. The number of hydrogen-bond acceptors (Lipinski definition) is 4. The summed E-state index contributed by atoms with van der Waals surface area (Å²) in [5.74, 6) is 1.20. The summed E-state index contributed by atoms with van der Waals surface area (Å²) in [6.07, 6.45) is 2.48. The van der Waals surface area contributed by atoms with E-state index in [4.69, 9.17) is 9.47 Å². The number of aldehydes is 1. The molecule has 4 nitrogen and oxygen atoms in total. The average molecular weight is 243 g/mol. The lowest BCUT2D eigenvalue weighted by Crippen LogP contribution is -1.92. The standard InChI is InChI=1S/C14H13NO3/c1-17-12-4-5-13(11(7-12)9-16)10-3-6-14(18-2)15-8-10/h3-9H,1-2H3. The smallest absolute Gasteiger partial charge is 0.212 e. The third kappa shape index (κ3) is 2.32. The van der Waals surface area contributed by atoms with Gasteiger partial charge in [-0.3, -0.25) is 4.79 Å². The third-order valence-electron chi connectivity index (χ3n) is 2.64. The fourth-order valence-electron chi connectivity index (χ4n) is 1.69. The highest BCUT2D eigenvalue weighted by molar-refractivity contribution is 5.88. The molecule has 1 aromatic heterocycles. The van der Waals surface area contributed by atoms with Crippen molar-refractivity contribution in [3.05, 3.63) is 42.1 Å². The van der Waals surface area contributed by atoms with Crippen LogP contribution in [0.2, 0.25) is 0 Å². The molecule has 0 bridgehead atoms. The van der Waals surface area contributed by atoms with Crippen molar-refractivity contribution in [1.82, 2.24) is 4.98 Å². The summed E-state index contributed by atoms with van der Waals surface area (Å²) in [5.41, 5.74) is 2.25. The molecular formula is C14H13NO3. The molecule has 0 amide bonds. The first-order valence-corrected chi connectivity index (χ1v) is 5.42. The summed E-state index contributed by atoms with van der Waals surface area (Å²) in [7, 11) is 3.13. The van der Waals surface area contributed by atoms with Crippen LogP contribution in [0.1, 0.15) is 10.4 Å². The monoisotopic (exact) mass is 243 g/mol. The Morgan fingerprint density at radius 3 is 2.50 bits per heavy atom. The number of carbonyl (C=O) groups excluding carboxylic acids is 1. The van der Waals surface area contributed by atoms with E-state index < -0.39 is 0 Å². The van der Waals surface area contributed by atoms with Crippen LogP contribution in [0.15, 0.2) is 36.5 Å². The van der Waals surface area contributed by atoms with Gasteiger partial charge in [-0.25, -0.2) is 4.98 Å². The third-order valence-corrected chi connectivity index (χ3v) is 2.64. The van der Waals surface area contributed by atoms with Crippen LogP contribution in [-0.4, -0.2) is 25.5 Å². The lowest BCUT2D eigenvalue weighted by atomic mass is 10.0. The number of pyridine rings is 1. The van der Waals surface area contributed by atoms with Gasteiger partial charge in [-0.2, -0.15) is 0 Å². The first kappa shape index (κ1) is 12.1. The van der Waals surface area contributed by atoms with Gasteiger partial charge in [-0.1, -0.05) is 0 Å². The molecule has 0 spiro atoms. The highest BCUT2D eigenvalue weighted by Gasteiger charge is 2.07. The van der Waals surface area contributed by atoms with E-state index in [2.05, 4.69) is 4.98 Å². The Kier molecular flexibility index (Phi) is 3.57. The summed E-state index contributed by atoms with van der Waals surface area (Å²) < 4.78 is 10.1. The van der Waals surface area contributed by atoms with Gasteiger partial charge in [-0.15, -0.1) is 0 Å². The fraction of sp³-hybridized carbons (Fsp3) is 0.143. The van der Waals surface area contributed by atoms with Crippen molar-refractivity contribution in [3.8, 4) is 22.8 Å². The van der Waals surface area contributed by atoms with Gasteiger partial charge in [-0.05, 0) is 29.8 Å². The maximum absolute atomic E-state index is 11.1. The predicted molar refractivity (Wildman–Crippen MR) is 68.2 cm³/mol. The van der Waals surface area contributed by atoms with Crippen LogP contribution in [0.3, 0.4) is 0 Å². The molecule has 0 aliphatic rings. The van der Waals surface area contributed by atoms with Crippen LogP contribution in [0.5, 0.6) is 11.6 Å². The van der Waals surface area contributed by atoms with Crippen molar-refractivity contribution in [2.24, 2.45) is 0 Å². The molecule has 1 heterocycles. The van der Waals surface area contributed by atoms with Crippen LogP contribution < -0.4 is 9.47 Å². The molecule has 0 saturated carbocycles. The second-order valence-electron chi connectivity index (χ2n) is 3.66. The predicted octanol–water partition coefficient (Wildman–Crippen LogP) is 2.58. The Morgan fingerprint density at radius 2 is 1.94 bits per heavy atom. The number of rotatable bonds is 4. The zero-order valence-electron chi connectivity index (χ0n) is 10.2. The summed E-state index contributed by atoms with van der Waals surface area (Å²) in [6.45, 7) is 0. The van der Waals surface area contributed by atoms with Crippen molar-refractivity contribution >= 4 is 6.29 Å². The van der Waals surface area contributed by atoms with Gasteiger partial charge in [0.05, 0.1) is 14.2 Å². The zero-order valence-corrected chi connectivity index (χ0v) is 10.2. The minimum atomic E-state index is 0.542. The van der Waals surface area contributed by atoms with E-state index in [1.807, 2.05) is 18.2 Å². The molecule has 0 aliphatic carbocycles. The minimum absolute atomic E-state index is 0.542. The molecule has 0 fully saturated rings. The highest BCUT2D eigenvalue weighted by Crippen LogP contribution is 2.26. The number of nitrogens with zero attached hydrogens (tertiary/aromatic N) is 1. The fourth-order valence-corrected chi connectivity index (χ4v) is 1.69. The molecule has 0 unspecified atom stereocenters. The molecular weight excluding hydrogens is 230 g/mol. The molecule has 0 N–H and O–H groups in total. The highest BCUT2D eigenvalue weighted by atomic mass is 16.5. The number of carbonyl (C=O) groups is 1. The van der Waals surface area contributed by atoms with E-state index in [0.29, 0.717) is 17.2 Å². The Balaban J connectivity index is 2.45. The van der Waals surface area contributed by atoms with Gasteiger partial charge in [0.1, 0.15) is 5.75 Å². The van der Waals surface area contributed by atoms with Crippen LogP contribution in [-0.2, 0) is 0 Å². The van der Waals surface area contributed by atoms with Crippen LogP contribution >= 0.6 is 0 Å². The maximum atomic E-state index is 11.1. The number of hydrogen-bond donors (Lipinski definition) is 0. The molecule has 2 aromatic rings. The molecule has 0 radical (unpaired) electrons. The van der Waals surface area contributed by atoms with Crippen LogP contribution in [0, 0.1) is 0 Å². The summed E-state index contributed by atoms with van der Waals surface area (Å²) >= 11 is 0. The molecule has 18 heavy (non-hydrogen) atoms. The molecule has 92 valence electrons. The Bertz CT molecular complexity index is 549. The van der Waals surface area contributed by atoms with Crippen molar-refractivity contribution in [3.63, 3.8) is 0 Å². The molecule has 2 rings (SSSR count). The van der Waals surface area contributed by atoms with Gasteiger partial charge < -0.3 is 9.47 Å².